The number of likely N-dealkylation sites (N-methyl/N-ethyl adjacent to an activating group) is 1. The summed E-state index contributed by atoms with van der Waals surface area (Å²) in [7, 11) is 4.10. The molecule has 0 rings (SSSR count). The number of rotatable bonds is 12. The van der Waals surface area contributed by atoms with Crippen LogP contribution in [0.25, 0.3) is 0 Å². The summed E-state index contributed by atoms with van der Waals surface area (Å²) in [6, 6.07) is 0. The van der Waals surface area contributed by atoms with E-state index in [1.165, 1.54) is 25.7 Å². The van der Waals surface area contributed by atoms with Crippen molar-refractivity contribution in [1.29, 1.82) is 0 Å². The first-order valence-corrected chi connectivity index (χ1v) is 7.46. The van der Waals surface area contributed by atoms with Crippen molar-refractivity contribution < 1.29 is 4.79 Å². The highest BCUT2D eigenvalue weighted by atomic mass is 16.1. The van der Waals surface area contributed by atoms with Crippen LogP contribution < -0.4 is 10.6 Å². The summed E-state index contributed by atoms with van der Waals surface area (Å²) in [5.41, 5.74) is 0. The Labute approximate surface area is 118 Å². The topological polar surface area (TPSA) is 44.4 Å². The molecule has 0 spiro atoms. The lowest BCUT2D eigenvalue weighted by Gasteiger charge is -2.10. The second kappa shape index (κ2) is 13.6. The lowest BCUT2D eigenvalue weighted by molar-refractivity contribution is -0.116. The summed E-state index contributed by atoms with van der Waals surface area (Å²) >= 11 is 0. The van der Waals surface area contributed by atoms with E-state index in [-0.39, 0.29) is 5.91 Å². The van der Waals surface area contributed by atoms with Gasteiger partial charge in [0.1, 0.15) is 0 Å². The van der Waals surface area contributed by atoms with E-state index in [1.54, 1.807) is 6.08 Å². The van der Waals surface area contributed by atoms with Crippen molar-refractivity contribution in [3.8, 4) is 0 Å². The Morgan fingerprint density at radius 2 is 1.89 bits per heavy atom. The molecule has 0 saturated carbocycles. The zero-order valence-corrected chi connectivity index (χ0v) is 12.9. The van der Waals surface area contributed by atoms with Crippen molar-refractivity contribution in [3.05, 3.63) is 12.2 Å². The molecule has 0 atom stereocenters. The fourth-order valence-electron chi connectivity index (χ4n) is 1.64. The first-order valence-electron chi connectivity index (χ1n) is 7.46. The highest BCUT2D eigenvalue weighted by Crippen LogP contribution is 2.02. The van der Waals surface area contributed by atoms with Crippen LogP contribution in [0.2, 0.25) is 0 Å². The number of hydrogen-bond donors (Lipinski definition) is 2. The molecule has 4 heteroatoms. The fourth-order valence-corrected chi connectivity index (χ4v) is 1.64. The Hall–Kier alpha value is -0.870. The Morgan fingerprint density at radius 1 is 1.11 bits per heavy atom. The summed E-state index contributed by atoms with van der Waals surface area (Å²) in [5, 5.41) is 6.15. The largest absolute Gasteiger partial charge is 0.351 e. The van der Waals surface area contributed by atoms with E-state index in [0.29, 0.717) is 6.54 Å². The van der Waals surface area contributed by atoms with Crippen molar-refractivity contribution >= 4 is 5.91 Å². The summed E-state index contributed by atoms with van der Waals surface area (Å²) in [6.45, 7) is 5.69. The van der Waals surface area contributed by atoms with Crippen LogP contribution in [0.1, 0.15) is 39.0 Å². The van der Waals surface area contributed by atoms with Crippen LogP contribution in [0.5, 0.6) is 0 Å². The van der Waals surface area contributed by atoms with Crippen molar-refractivity contribution in [2.45, 2.75) is 39.0 Å². The third-order valence-electron chi connectivity index (χ3n) is 2.83. The van der Waals surface area contributed by atoms with Gasteiger partial charge < -0.3 is 15.5 Å². The average molecular weight is 269 g/mol. The number of carbonyl (C=O) groups excluding carboxylic acids is 1. The maximum Gasteiger partial charge on any atom is 0.243 e. The fraction of sp³-hybridized carbons (Fsp3) is 0.800. The zero-order chi connectivity index (χ0) is 14.3. The first-order chi connectivity index (χ1) is 9.16. The van der Waals surface area contributed by atoms with Gasteiger partial charge in [-0.2, -0.15) is 0 Å². The van der Waals surface area contributed by atoms with Crippen LogP contribution >= 0.6 is 0 Å². The van der Waals surface area contributed by atoms with Gasteiger partial charge in [0.15, 0.2) is 0 Å². The van der Waals surface area contributed by atoms with Gasteiger partial charge >= 0.3 is 0 Å². The molecule has 19 heavy (non-hydrogen) atoms. The van der Waals surface area contributed by atoms with E-state index >= 15 is 0 Å². The van der Waals surface area contributed by atoms with Crippen molar-refractivity contribution in [2.75, 3.05) is 40.3 Å². The van der Waals surface area contributed by atoms with Gasteiger partial charge in [-0.05, 0) is 33.0 Å². The van der Waals surface area contributed by atoms with Gasteiger partial charge in [0.05, 0.1) is 0 Å². The number of hydrogen-bond acceptors (Lipinski definition) is 3. The summed E-state index contributed by atoms with van der Waals surface area (Å²) in [5.74, 6) is 0.0184. The molecule has 0 unspecified atom stereocenters. The van der Waals surface area contributed by atoms with Crippen LogP contribution in [-0.2, 0) is 4.79 Å². The SMILES string of the molecule is CCCCCC/C=C/C(=O)NCCNCCN(C)C. The Morgan fingerprint density at radius 3 is 2.58 bits per heavy atom. The van der Waals surface area contributed by atoms with Gasteiger partial charge in [-0.25, -0.2) is 0 Å². The highest BCUT2D eigenvalue weighted by Gasteiger charge is 1.94. The van der Waals surface area contributed by atoms with Crippen LogP contribution in [0, 0.1) is 0 Å². The maximum absolute atomic E-state index is 11.4. The number of amides is 1. The van der Waals surface area contributed by atoms with Crippen LogP contribution in [0.3, 0.4) is 0 Å². The molecule has 4 nitrogen and oxygen atoms in total. The summed E-state index contributed by atoms with van der Waals surface area (Å²) < 4.78 is 0. The molecule has 0 aromatic carbocycles. The Bertz CT molecular complexity index is 240. The van der Waals surface area contributed by atoms with E-state index in [9.17, 15) is 4.79 Å². The number of nitrogens with one attached hydrogen (secondary N) is 2. The molecule has 1 amide bonds. The van der Waals surface area contributed by atoms with Gasteiger partial charge in [-0.3, -0.25) is 4.79 Å². The molecule has 112 valence electrons. The van der Waals surface area contributed by atoms with Crippen LogP contribution in [0.15, 0.2) is 12.2 Å². The second-order valence-corrected chi connectivity index (χ2v) is 5.10. The summed E-state index contributed by atoms with van der Waals surface area (Å²) in [4.78, 5) is 13.6. The van der Waals surface area contributed by atoms with Crippen LogP contribution in [0.4, 0.5) is 0 Å². The van der Waals surface area contributed by atoms with Crippen LogP contribution in [-0.4, -0.2) is 51.1 Å². The number of nitrogens with zero attached hydrogens (tertiary/aromatic N) is 1. The molecule has 0 aromatic rings. The number of unbranched alkanes of at least 4 members (excludes halogenated alkanes) is 4. The molecule has 0 fully saturated rings. The molecular formula is C15H31N3O. The minimum atomic E-state index is 0.0184. The predicted octanol–water partition coefficient (Wildman–Crippen LogP) is 1.78. The monoisotopic (exact) mass is 269 g/mol. The lowest BCUT2D eigenvalue weighted by Crippen LogP contribution is -2.34. The van der Waals surface area contributed by atoms with Crippen molar-refractivity contribution in [2.24, 2.45) is 0 Å². The zero-order valence-electron chi connectivity index (χ0n) is 12.9. The van der Waals surface area contributed by atoms with Gasteiger partial charge in [0.25, 0.3) is 0 Å². The standard InChI is InChI=1S/C15H31N3O/c1-4-5-6-7-8-9-10-15(19)17-12-11-16-13-14-18(2)3/h9-10,16H,4-8,11-14H2,1-3H3,(H,17,19)/b10-9+. The third kappa shape index (κ3) is 15.1. The average Bonchev–Trinajstić information content (AvgIpc) is 2.37. The molecule has 0 aliphatic carbocycles. The number of carbonyl (C=O) groups is 1. The van der Waals surface area contributed by atoms with E-state index in [2.05, 4.69) is 36.6 Å². The predicted molar refractivity (Wildman–Crippen MR) is 82.3 cm³/mol. The van der Waals surface area contributed by atoms with E-state index in [0.717, 1.165) is 26.1 Å². The minimum absolute atomic E-state index is 0.0184. The smallest absolute Gasteiger partial charge is 0.243 e. The van der Waals surface area contributed by atoms with Crippen molar-refractivity contribution in [1.82, 2.24) is 15.5 Å². The summed E-state index contributed by atoms with van der Waals surface area (Å²) in [6.07, 6.45) is 9.64. The quantitative estimate of drug-likeness (QED) is 0.419. The van der Waals surface area contributed by atoms with E-state index in [4.69, 9.17) is 0 Å². The molecule has 2 N–H and O–H groups in total. The van der Waals surface area contributed by atoms with E-state index < -0.39 is 0 Å². The Kier molecular flexibility index (Phi) is 12.9. The minimum Gasteiger partial charge on any atom is -0.351 e. The van der Waals surface area contributed by atoms with Crippen molar-refractivity contribution in [3.63, 3.8) is 0 Å². The normalized spacial score (nSPS) is 11.4. The Balaban J connectivity index is 3.31. The molecule has 0 radical (unpaired) electrons. The van der Waals surface area contributed by atoms with Gasteiger partial charge in [0, 0.05) is 26.2 Å². The molecular weight excluding hydrogens is 238 g/mol. The molecule has 0 aliphatic heterocycles. The maximum atomic E-state index is 11.4. The van der Waals surface area contributed by atoms with Gasteiger partial charge in [-0.15, -0.1) is 0 Å². The van der Waals surface area contributed by atoms with E-state index in [1.807, 2.05) is 6.08 Å². The molecule has 0 saturated heterocycles. The third-order valence-corrected chi connectivity index (χ3v) is 2.83. The molecule has 0 bridgehead atoms. The highest BCUT2D eigenvalue weighted by molar-refractivity contribution is 5.87. The second-order valence-electron chi connectivity index (χ2n) is 5.10. The molecule has 0 aromatic heterocycles. The molecule has 0 aliphatic rings. The van der Waals surface area contributed by atoms with Gasteiger partial charge in [0.2, 0.25) is 5.91 Å². The number of allylic oxidation sites excluding steroid dienone is 1. The lowest BCUT2D eigenvalue weighted by atomic mass is 10.1. The van der Waals surface area contributed by atoms with Gasteiger partial charge in [-0.1, -0.05) is 32.3 Å². The molecule has 0 heterocycles. The first kappa shape index (κ1) is 18.1.